The van der Waals surface area contributed by atoms with Crippen molar-refractivity contribution in [2.24, 2.45) is 0 Å². The first-order valence-corrected chi connectivity index (χ1v) is 6.79. The van der Waals surface area contributed by atoms with Crippen molar-refractivity contribution in [1.82, 2.24) is 5.06 Å². The molecular weight excluding hydrogens is 226 g/mol. The Bertz CT molecular complexity index is 344. The van der Waals surface area contributed by atoms with Crippen molar-refractivity contribution in [2.45, 2.75) is 39.5 Å². The van der Waals surface area contributed by atoms with Crippen LogP contribution in [0.15, 0.2) is 24.3 Å². The standard InChI is InChI=1S/C15H23NO2/c1-3-5-11-16(12-6-4-2)18-15-10-8-7-9-14(15)13-17/h7-10,13H,3-6,11-12H2,1-2H3. The molecular formula is C15H23NO2. The monoisotopic (exact) mass is 249 g/mol. The number of hydrogen-bond acceptors (Lipinski definition) is 3. The van der Waals surface area contributed by atoms with Gasteiger partial charge in [0.25, 0.3) is 0 Å². The molecule has 0 N–H and O–H groups in total. The predicted molar refractivity (Wildman–Crippen MR) is 73.8 cm³/mol. The van der Waals surface area contributed by atoms with Crippen molar-refractivity contribution in [2.75, 3.05) is 13.1 Å². The number of unbranched alkanes of at least 4 members (excludes halogenated alkanes) is 2. The van der Waals surface area contributed by atoms with Crippen molar-refractivity contribution in [1.29, 1.82) is 0 Å². The number of hydroxylamine groups is 2. The van der Waals surface area contributed by atoms with Gasteiger partial charge < -0.3 is 4.84 Å². The summed E-state index contributed by atoms with van der Waals surface area (Å²) in [6.45, 7) is 6.14. The average molecular weight is 249 g/mol. The first-order chi connectivity index (χ1) is 8.81. The van der Waals surface area contributed by atoms with Gasteiger partial charge in [-0.25, -0.2) is 0 Å². The number of carbonyl (C=O) groups excluding carboxylic acids is 1. The third-order valence-electron chi connectivity index (χ3n) is 2.80. The van der Waals surface area contributed by atoms with Crippen LogP contribution in [0, 0.1) is 0 Å². The lowest BCUT2D eigenvalue weighted by Crippen LogP contribution is -2.30. The molecule has 0 heterocycles. The number of nitrogens with zero attached hydrogens (tertiary/aromatic N) is 1. The van der Waals surface area contributed by atoms with Crippen LogP contribution >= 0.6 is 0 Å². The molecule has 1 aromatic rings. The van der Waals surface area contributed by atoms with Crippen LogP contribution in [0.3, 0.4) is 0 Å². The molecule has 3 nitrogen and oxygen atoms in total. The van der Waals surface area contributed by atoms with Gasteiger partial charge in [-0.15, -0.1) is 5.06 Å². The van der Waals surface area contributed by atoms with Crippen molar-refractivity contribution in [3.05, 3.63) is 29.8 Å². The van der Waals surface area contributed by atoms with E-state index in [1.54, 1.807) is 6.07 Å². The van der Waals surface area contributed by atoms with Gasteiger partial charge in [0.1, 0.15) is 0 Å². The minimum absolute atomic E-state index is 0.607. The van der Waals surface area contributed by atoms with Crippen LogP contribution in [0.5, 0.6) is 5.75 Å². The fourth-order valence-electron chi connectivity index (χ4n) is 1.67. The summed E-state index contributed by atoms with van der Waals surface area (Å²) in [5.41, 5.74) is 0.607. The van der Waals surface area contributed by atoms with Gasteiger partial charge in [0.15, 0.2) is 12.0 Å². The zero-order valence-corrected chi connectivity index (χ0v) is 11.4. The largest absolute Gasteiger partial charge is 0.405 e. The number of para-hydroxylation sites is 1. The maximum Gasteiger partial charge on any atom is 0.157 e. The second kappa shape index (κ2) is 8.70. The van der Waals surface area contributed by atoms with Gasteiger partial charge in [-0.2, -0.15) is 0 Å². The highest BCUT2D eigenvalue weighted by Gasteiger charge is 2.09. The van der Waals surface area contributed by atoms with Gasteiger partial charge in [-0.05, 0) is 25.0 Å². The molecule has 0 unspecified atom stereocenters. The van der Waals surface area contributed by atoms with E-state index in [1.807, 2.05) is 23.3 Å². The lowest BCUT2D eigenvalue weighted by molar-refractivity contribution is -0.0604. The highest BCUT2D eigenvalue weighted by atomic mass is 16.7. The predicted octanol–water partition coefficient (Wildman–Crippen LogP) is 3.70. The highest BCUT2D eigenvalue weighted by Crippen LogP contribution is 2.17. The zero-order valence-electron chi connectivity index (χ0n) is 11.4. The van der Waals surface area contributed by atoms with Crippen LogP contribution in [0.1, 0.15) is 49.9 Å². The average Bonchev–Trinajstić information content (AvgIpc) is 2.42. The zero-order chi connectivity index (χ0) is 13.2. The van der Waals surface area contributed by atoms with E-state index in [0.717, 1.165) is 45.1 Å². The van der Waals surface area contributed by atoms with Crippen molar-refractivity contribution < 1.29 is 9.63 Å². The van der Waals surface area contributed by atoms with Crippen molar-refractivity contribution in [3.8, 4) is 5.75 Å². The maximum absolute atomic E-state index is 10.9. The third-order valence-corrected chi connectivity index (χ3v) is 2.80. The molecule has 0 spiro atoms. The van der Waals surface area contributed by atoms with E-state index in [1.165, 1.54) is 0 Å². The van der Waals surface area contributed by atoms with Gasteiger partial charge >= 0.3 is 0 Å². The summed E-state index contributed by atoms with van der Waals surface area (Å²) in [6, 6.07) is 7.36. The van der Waals surface area contributed by atoms with Gasteiger partial charge in [0.2, 0.25) is 0 Å². The molecule has 0 saturated heterocycles. The molecule has 0 aliphatic carbocycles. The number of benzene rings is 1. The van der Waals surface area contributed by atoms with Crippen LogP contribution in [0.2, 0.25) is 0 Å². The first kappa shape index (κ1) is 14.7. The van der Waals surface area contributed by atoms with Crippen LogP contribution in [0.4, 0.5) is 0 Å². The molecule has 1 rings (SSSR count). The van der Waals surface area contributed by atoms with E-state index in [4.69, 9.17) is 4.84 Å². The smallest absolute Gasteiger partial charge is 0.157 e. The van der Waals surface area contributed by atoms with Crippen molar-refractivity contribution >= 4 is 6.29 Å². The topological polar surface area (TPSA) is 29.5 Å². The summed E-state index contributed by atoms with van der Waals surface area (Å²) in [4.78, 5) is 16.8. The van der Waals surface area contributed by atoms with Gasteiger partial charge in [-0.3, -0.25) is 4.79 Å². The summed E-state index contributed by atoms with van der Waals surface area (Å²) < 4.78 is 0. The molecule has 18 heavy (non-hydrogen) atoms. The summed E-state index contributed by atoms with van der Waals surface area (Å²) in [5.74, 6) is 0.653. The summed E-state index contributed by atoms with van der Waals surface area (Å²) in [7, 11) is 0. The minimum Gasteiger partial charge on any atom is -0.405 e. The lowest BCUT2D eigenvalue weighted by atomic mass is 10.2. The minimum atomic E-state index is 0.607. The third kappa shape index (κ3) is 4.88. The fourth-order valence-corrected chi connectivity index (χ4v) is 1.67. The van der Waals surface area contributed by atoms with E-state index in [2.05, 4.69) is 13.8 Å². The Morgan fingerprint density at radius 3 is 2.28 bits per heavy atom. The molecule has 0 aliphatic heterocycles. The van der Waals surface area contributed by atoms with E-state index in [9.17, 15) is 4.79 Å². The molecule has 100 valence electrons. The van der Waals surface area contributed by atoms with Crippen LogP contribution in [-0.2, 0) is 0 Å². The number of carbonyl (C=O) groups is 1. The second-order valence-corrected chi connectivity index (χ2v) is 4.38. The molecule has 0 bridgehead atoms. The summed E-state index contributed by atoms with van der Waals surface area (Å²) >= 11 is 0. The molecule has 1 aromatic carbocycles. The Balaban J connectivity index is 2.65. The van der Waals surface area contributed by atoms with Crippen molar-refractivity contribution in [3.63, 3.8) is 0 Å². The van der Waals surface area contributed by atoms with Gasteiger partial charge in [0, 0.05) is 13.1 Å². The fraction of sp³-hybridized carbons (Fsp3) is 0.533. The molecule has 0 radical (unpaired) electrons. The SMILES string of the molecule is CCCCN(CCCC)Oc1ccccc1C=O. The Morgan fingerprint density at radius 1 is 1.11 bits per heavy atom. The Hall–Kier alpha value is -1.35. The molecule has 0 amide bonds. The normalized spacial score (nSPS) is 10.6. The quantitative estimate of drug-likeness (QED) is 0.494. The summed E-state index contributed by atoms with van der Waals surface area (Å²) in [5, 5.41) is 1.97. The van der Waals surface area contributed by atoms with E-state index in [0.29, 0.717) is 11.3 Å². The molecule has 0 aromatic heterocycles. The molecule has 0 saturated carbocycles. The Morgan fingerprint density at radius 2 is 1.72 bits per heavy atom. The van der Waals surface area contributed by atoms with E-state index < -0.39 is 0 Å². The number of rotatable bonds is 9. The first-order valence-electron chi connectivity index (χ1n) is 6.79. The van der Waals surface area contributed by atoms with E-state index in [-0.39, 0.29) is 0 Å². The highest BCUT2D eigenvalue weighted by molar-refractivity contribution is 5.79. The summed E-state index contributed by atoms with van der Waals surface area (Å²) in [6.07, 6.45) is 5.33. The van der Waals surface area contributed by atoms with Gasteiger partial charge in [-0.1, -0.05) is 38.8 Å². The Kier molecular flexibility index (Phi) is 7.11. The number of aldehydes is 1. The van der Waals surface area contributed by atoms with E-state index >= 15 is 0 Å². The van der Waals surface area contributed by atoms with Crippen LogP contribution in [-0.4, -0.2) is 24.4 Å². The molecule has 0 aliphatic rings. The van der Waals surface area contributed by atoms with Crippen LogP contribution in [0.25, 0.3) is 0 Å². The maximum atomic E-state index is 10.9. The molecule has 0 fully saturated rings. The molecule has 3 heteroatoms. The van der Waals surface area contributed by atoms with Gasteiger partial charge in [0.05, 0.1) is 5.56 Å². The molecule has 0 atom stereocenters. The second-order valence-electron chi connectivity index (χ2n) is 4.38. The lowest BCUT2D eigenvalue weighted by Gasteiger charge is -2.22. The van der Waals surface area contributed by atoms with Crippen LogP contribution < -0.4 is 4.84 Å². The Labute approximate surface area is 110 Å². The number of hydrogen-bond donors (Lipinski definition) is 0.